The Morgan fingerprint density at radius 2 is 1.74 bits per heavy atom. The summed E-state index contributed by atoms with van der Waals surface area (Å²) < 4.78 is 5.26. The van der Waals surface area contributed by atoms with Crippen LogP contribution in [-0.4, -0.2) is 18.0 Å². The molecular weight excluding hydrogens is 362 g/mol. The van der Waals surface area contributed by atoms with E-state index in [1.807, 2.05) is 26.0 Å². The zero-order valence-corrected chi connectivity index (χ0v) is 16.1. The van der Waals surface area contributed by atoms with E-state index >= 15 is 0 Å². The summed E-state index contributed by atoms with van der Waals surface area (Å²) in [5, 5.41) is 6.61. The van der Waals surface area contributed by atoms with E-state index in [0.29, 0.717) is 22.0 Å². The average molecular weight is 382 g/mol. The fourth-order valence-corrected chi connectivity index (χ4v) is 2.99. The smallest absolute Gasteiger partial charge is 0.257 e. The van der Waals surface area contributed by atoms with Crippen LogP contribution in [0.5, 0.6) is 5.75 Å². The van der Waals surface area contributed by atoms with Gasteiger partial charge in [-0.3, -0.25) is 9.78 Å². The zero-order valence-electron chi connectivity index (χ0n) is 15.3. The zero-order chi connectivity index (χ0) is 19.4. The lowest BCUT2D eigenvalue weighted by Gasteiger charge is -2.12. The van der Waals surface area contributed by atoms with E-state index in [-0.39, 0.29) is 5.91 Å². The maximum absolute atomic E-state index is 12.6. The topological polar surface area (TPSA) is 63.2 Å². The lowest BCUT2D eigenvalue weighted by Crippen LogP contribution is -2.13. The number of carbonyl (C=O) groups excluding carboxylic acids is 1. The van der Waals surface area contributed by atoms with E-state index in [1.54, 1.807) is 30.5 Å². The van der Waals surface area contributed by atoms with Crippen molar-refractivity contribution in [1.82, 2.24) is 4.98 Å². The number of halogens is 1. The second kappa shape index (κ2) is 8.10. The highest BCUT2D eigenvalue weighted by Crippen LogP contribution is 2.28. The normalized spacial score (nSPS) is 10.4. The molecule has 2 N–H and O–H groups in total. The molecule has 3 aromatic rings. The van der Waals surface area contributed by atoms with Gasteiger partial charge in [-0.15, -0.1) is 0 Å². The monoisotopic (exact) mass is 381 g/mol. The average Bonchev–Trinajstić information content (AvgIpc) is 2.61. The Morgan fingerprint density at radius 3 is 2.44 bits per heavy atom. The van der Waals surface area contributed by atoms with E-state index in [0.717, 1.165) is 22.5 Å². The van der Waals surface area contributed by atoms with Gasteiger partial charge in [0.1, 0.15) is 5.75 Å². The third-order valence-corrected chi connectivity index (χ3v) is 4.16. The van der Waals surface area contributed by atoms with Crippen LogP contribution in [0.2, 0.25) is 5.02 Å². The van der Waals surface area contributed by atoms with Crippen LogP contribution in [0.1, 0.15) is 21.5 Å². The Labute approximate surface area is 163 Å². The molecule has 0 atom stereocenters. The number of amides is 1. The number of hydrogen-bond donors (Lipinski definition) is 2. The predicted molar refractivity (Wildman–Crippen MR) is 109 cm³/mol. The molecular formula is C21H20ClN3O2. The van der Waals surface area contributed by atoms with Crippen LogP contribution in [0.4, 0.5) is 17.1 Å². The molecule has 27 heavy (non-hydrogen) atoms. The van der Waals surface area contributed by atoms with Gasteiger partial charge in [-0.2, -0.15) is 0 Å². The molecule has 6 heteroatoms. The van der Waals surface area contributed by atoms with Gasteiger partial charge in [0, 0.05) is 16.9 Å². The highest BCUT2D eigenvalue weighted by molar-refractivity contribution is 6.31. The van der Waals surface area contributed by atoms with Crippen molar-refractivity contribution in [3.63, 3.8) is 0 Å². The quantitative estimate of drug-likeness (QED) is 0.624. The second-order valence-corrected chi connectivity index (χ2v) is 6.70. The molecule has 138 valence electrons. The molecule has 1 aromatic heterocycles. The summed E-state index contributed by atoms with van der Waals surface area (Å²) in [6.45, 7) is 4.08. The Morgan fingerprint density at radius 1 is 1.00 bits per heavy atom. The third kappa shape index (κ3) is 4.77. The number of benzene rings is 2. The Hall–Kier alpha value is -3.05. The number of anilines is 3. The van der Waals surface area contributed by atoms with Crippen LogP contribution < -0.4 is 15.4 Å². The van der Waals surface area contributed by atoms with E-state index in [4.69, 9.17) is 16.3 Å². The van der Waals surface area contributed by atoms with E-state index in [9.17, 15) is 4.79 Å². The number of carbonyl (C=O) groups is 1. The van der Waals surface area contributed by atoms with E-state index < -0.39 is 0 Å². The summed E-state index contributed by atoms with van der Waals surface area (Å²) >= 11 is 6.02. The molecule has 3 rings (SSSR count). The van der Waals surface area contributed by atoms with Crippen molar-refractivity contribution in [2.75, 3.05) is 17.7 Å². The van der Waals surface area contributed by atoms with Crippen LogP contribution in [0, 0.1) is 13.8 Å². The number of aromatic nitrogens is 1. The molecule has 1 amide bonds. The summed E-state index contributed by atoms with van der Waals surface area (Å²) in [5.74, 6) is 0.234. The van der Waals surface area contributed by atoms with Crippen molar-refractivity contribution in [2.45, 2.75) is 13.8 Å². The fourth-order valence-electron chi connectivity index (χ4n) is 2.82. The van der Waals surface area contributed by atoms with Crippen LogP contribution >= 0.6 is 11.6 Å². The summed E-state index contributed by atoms with van der Waals surface area (Å²) in [5.41, 5.74) is 4.92. The molecule has 2 aromatic carbocycles. The van der Waals surface area contributed by atoms with Crippen molar-refractivity contribution in [2.24, 2.45) is 0 Å². The molecule has 0 radical (unpaired) electrons. The van der Waals surface area contributed by atoms with Crippen molar-refractivity contribution < 1.29 is 9.53 Å². The van der Waals surface area contributed by atoms with Crippen LogP contribution in [0.25, 0.3) is 0 Å². The lowest BCUT2D eigenvalue weighted by atomic mass is 10.1. The van der Waals surface area contributed by atoms with Gasteiger partial charge < -0.3 is 15.4 Å². The summed E-state index contributed by atoms with van der Waals surface area (Å²) in [7, 11) is 1.54. The van der Waals surface area contributed by atoms with E-state index in [1.165, 1.54) is 13.3 Å². The lowest BCUT2D eigenvalue weighted by molar-refractivity contribution is 0.102. The van der Waals surface area contributed by atoms with Gasteiger partial charge in [0.25, 0.3) is 5.91 Å². The number of hydrogen-bond acceptors (Lipinski definition) is 4. The first-order valence-electron chi connectivity index (χ1n) is 8.40. The molecule has 1 heterocycles. The Kier molecular flexibility index (Phi) is 5.62. The molecule has 0 spiro atoms. The number of methoxy groups -OCH3 is 1. The first-order chi connectivity index (χ1) is 12.9. The van der Waals surface area contributed by atoms with Crippen LogP contribution in [0.15, 0.2) is 54.9 Å². The number of aryl methyl sites for hydroxylation is 2. The minimum Gasteiger partial charge on any atom is -0.495 e. The molecule has 0 aliphatic carbocycles. The number of ether oxygens (including phenoxy) is 1. The highest BCUT2D eigenvalue weighted by atomic mass is 35.5. The SMILES string of the molecule is COc1ccc(Cl)cc1NC(=O)c1cncc(Nc2cc(C)cc(C)c2)c1. The molecule has 0 saturated heterocycles. The molecule has 0 fully saturated rings. The van der Waals surface area contributed by atoms with Gasteiger partial charge in [-0.25, -0.2) is 0 Å². The van der Waals surface area contributed by atoms with E-state index in [2.05, 4.69) is 21.7 Å². The fraction of sp³-hybridized carbons (Fsp3) is 0.143. The highest BCUT2D eigenvalue weighted by Gasteiger charge is 2.12. The van der Waals surface area contributed by atoms with Gasteiger partial charge in [0.15, 0.2) is 0 Å². The standard InChI is InChI=1S/C21H20ClN3O2/c1-13-6-14(2)8-17(7-13)24-18-9-15(11-23-12-18)21(26)25-19-10-16(22)4-5-20(19)27-3/h4-12,24H,1-3H3,(H,25,26). The van der Waals surface area contributed by atoms with Crippen LogP contribution in [0.3, 0.4) is 0 Å². The Balaban J connectivity index is 1.80. The number of nitrogens with zero attached hydrogens (tertiary/aromatic N) is 1. The predicted octanol–water partition coefficient (Wildman–Crippen LogP) is 5.36. The number of rotatable bonds is 5. The first kappa shape index (κ1) is 18.7. The van der Waals surface area contributed by atoms with Crippen molar-refractivity contribution in [1.29, 1.82) is 0 Å². The van der Waals surface area contributed by atoms with Gasteiger partial charge in [0.05, 0.1) is 30.2 Å². The maximum atomic E-state index is 12.6. The Bertz CT molecular complexity index is 969. The molecule has 0 saturated carbocycles. The van der Waals surface area contributed by atoms with Gasteiger partial charge in [-0.1, -0.05) is 17.7 Å². The van der Waals surface area contributed by atoms with Gasteiger partial charge in [0.2, 0.25) is 0 Å². The summed E-state index contributed by atoms with van der Waals surface area (Å²) in [6.07, 6.45) is 3.19. The largest absolute Gasteiger partial charge is 0.495 e. The second-order valence-electron chi connectivity index (χ2n) is 6.26. The van der Waals surface area contributed by atoms with Crippen molar-refractivity contribution in [3.8, 4) is 5.75 Å². The minimum absolute atomic E-state index is 0.299. The van der Waals surface area contributed by atoms with Crippen molar-refractivity contribution in [3.05, 3.63) is 76.6 Å². The summed E-state index contributed by atoms with van der Waals surface area (Å²) in [4.78, 5) is 16.8. The molecule has 0 aliphatic rings. The van der Waals surface area contributed by atoms with Gasteiger partial charge >= 0.3 is 0 Å². The number of nitrogens with one attached hydrogen (secondary N) is 2. The van der Waals surface area contributed by atoms with Gasteiger partial charge in [-0.05, 0) is 61.4 Å². The summed E-state index contributed by atoms with van der Waals surface area (Å²) in [6, 6.07) is 13.0. The number of pyridine rings is 1. The molecule has 5 nitrogen and oxygen atoms in total. The molecule has 0 unspecified atom stereocenters. The first-order valence-corrected chi connectivity index (χ1v) is 8.77. The maximum Gasteiger partial charge on any atom is 0.257 e. The molecule has 0 bridgehead atoms. The van der Waals surface area contributed by atoms with Crippen LogP contribution in [-0.2, 0) is 0 Å². The molecule has 0 aliphatic heterocycles. The third-order valence-electron chi connectivity index (χ3n) is 3.92. The van der Waals surface area contributed by atoms with Crippen molar-refractivity contribution >= 4 is 34.6 Å². The minimum atomic E-state index is -0.299.